The zero-order valence-electron chi connectivity index (χ0n) is 18.2. The standard InChI is InChI=1S/C21H33NO6S/c1-20(2,3)29(23)22-18-9-15(11-25-12-16-13-26-21(4,5)28-16)27-19-10-14(24-6)7-8-17(18)19/h7-8,10,15-16,18,22H,9,11-13H2,1-6H3/t15-,16-,18-,29-/m0/s1. The van der Waals surface area contributed by atoms with Crippen LogP contribution in [0, 0.1) is 0 Å². The molecule has 8 heteroatoms. The molecule has 0 spiro atoms. The summed E-state index contributed by atoms with van der Waals surface area (Å²) in [6.07, 6.45) is 0.414. The lowest BCUT2D eigenvalue weighted by atomic mass is 9.97. The van der Waals surface area contributed by atoms with Crippen LogP contribution in [0.1, 0.15) is 52.6 Å². The van der Waals surface area contributed by atoms with E-state index in [0.29, 0.717) is 26.2 Å². The van der Waals surface area contributed by atoms with E-state index in [2.05, 4.69) is 4.72 Å². The molecule has 2 aliphatic heterocycles. The van der Waals surface area contributed by atoms with Crippen LogP contribution in [0.15, 0.2) is 18.2 Å². The van der Waals surface area contributed by atoms with Crippen molar-refractivity contribution < 1.29 is 27.9 Å². The van der Waals surface area contributed by atoms with Crippen molar-refractivity contribution in [3.05, 3.63) is 23.8 Å². The van der Waals surface area contributed by atoms with Gasteiger partial charge in [0.1, 0.15) is 23.7 Å². The molecule has 1 N–H and O–H groups in total. The number of ether oxygens (including phenoxy) is 5. The van der Waals surface area contributed by atoms with Gasteiger partial charge in [-0.05, 0) is 40.7 Å². The molecule has 0 amide bonds. The Morgan fingerprint density at radius 1 is 1.24 bits per heavy atom. The zero-order valence-corrected chi connectivity index (χ0v) is 19.0. The van der Waals surface area contributed by atoms with Crippen LogP contribution in [0.5, 0.6) is 11.5 Å². The quantitative estimate of drug-likeness (QED) is 0.721. The molecule has 0 radical (unpaired) electrons. The summed E-state index contributed by atoms with van der Waals surface area (Å²) in [5.41, 5.74) is 0.980. The summed E-state index contributed by atoms with van der Waals surface area (Å²) in [6, 6.07) is 5.64. The summed E-state index contributed by atoms with van der Waals surface area (Å²) in [5.74, 6) is 0.894. The zero-order chi connectivity index (χ0) is 21.2. The van der Waals surface area contributed by atoms with Crippen molar-refractivity contribution in [3.63, 3.8) is 0 Å². The maximum atomic E-state index is 12.7. The largest absolute Gasteiger partial charge is 0.497 e. The molecule has 1 saturated heterocycles. The van der Waals surface area contributed by atoms with Gasteiger partial charge in [-0.25, -0.2) is 8.93 Å². The average Bonchev–Trinajstić information content (AvgIpc) is 2.99. The first-order valence-corrected chi connectivity index (χ1v) is 11.1. The molecule has 0 aromatic heterocycles. The maximum absolute atomic E-state index is 12.7. The van der Waals surface area contributed by atoms with E-state index in [-0.39, 0.29) is 23.0 Å². The Morgan fingerprint density at radius 3 is 2.59 bits per heavy atom. The number of hydrogen-bond donors (Lipinski definition) is 1. The molecule has 0 bridgehead atoms. The molecule has 2 aliphatic rings. The third-order valence-electron chi connectivity index (χ3n) is 4.87. The van der Waals surface area contributed by atoms with Gasteiger partial charge in [-0.3, -0.25) is 0 Å². The van der Waals surface area contributed by atoms with Gasteiger partial charge in [0.05, 0.1) is 48.7 Å². The summed E-state index contributed by atoms with van der Waals surface area (Å²) in [4.78, 5) is 0. The molecule has 0 aliphatic carbocycles. The van der Waals surface area contributed by atoms with Crippen molar-refractivity contribution in [1.29, 1.82) is 0 Å². The molecule has 29 heavy (non-hydrogen) atoms. The van der Waals surface area contributed by atoms with Crippen molar-refractivity contribution >= 4 is 11.0 Å². The molecule has 1 fully saturated rings. The summed E-state index contributed by atoms with van der Waals surface area (Å²) in [7, 11) is 0.431. The molecule has 0 unspecified atom stereocenters. The highest BCUT2D eigenvalue weighted by atomic mass is 32.2. The third kappa shape index (κ3) is 5.92. The highest BCUT2D eigenvalue weighted by molar-refractivity contribution is 7.84. The number of nitrogens with one attached hydrogen (secondary N) is 1. The second kappa shape index (κ2) is 8.89. The van der Waals surface area contributed by atoms with Crippen molar-refractivity contribution in [2.24, 2.45) is 0 Å². The van der Waals surface area contributed by atoms with Gasteiger partial charge in [-0.15, -0.1) is 0 Å². The molecule has 4 atom stereocenters. The smallest absolute Gasteiger partial charge is 0.163 e. The minimum atomic E-state index is -1.19. The van der Waals surface area contributed by atoms with E-state index in [1.165, 1.54) is 0 Å². The molecule has 2 heterocycles. The van der Waals surface area contributed by atoms with Gasteiger partial charge in [-0.2, -0.15) is 0 Å². The van der Waals surface area contributed by atoms with E-state index in [9.17, 15) is 4.21 Å². The fraction of sp³-hybridized carbons (Fsp3) is 0.714. The first-order chi connectivity index (χ1) is 13.6. The van der Waals surface area contributed by atoms with Gasteiger partial charge in [-0.1, -0.05) is 6.07 Å². The number of hydrogen-bond acceptors (Lipinski definition) is 6. The first-order valence-electron chi connectivity index (χ1n) is 9.99. The predicted octanol–water partition coefficient (Wildman–Crippen LogP) is 3.11. The van der Waals surface area contributed by atoms with E-state index in [0.717, 1.165) is 17.1 Å². The lowest BCUT2D eigenvalue weighted by molar-refractivity contribution is -0.146. The SMILES string of the molecule is COc1ccc2c(c1)O[C@H](COC[C@H]1COC(C)(C)O1)C[C@@H]2N[S@@](=O)C(C)(C)C. The van der Waals surface area contributed by atoms with E-state index in [1.54, 1.807) is 7.11 Å². The first kappa shape index (κ1) is 22.5. The Labute approximate surface area is 176 Å². The van der Waals surface area contributed by atoms with Crippen molar-refractivity contribution in [2.45, 2.75) is 69.8 Å². The highest BCUT2D eigenvalue weighted by Crippen LogP contribution is 2.38. The van der Waals surface area contributed by atoms with E-state index < -0.39 is 16.8 Å². The second-order valence-electron chi connectivity index (χ2n) is 8.92. The topological polar surface area (TPSA) is 75.2 Å². The predicted molar refractivity (Wildman–Crippen MR) is 112 cm³/mol. The van der Waals surface area contributed by atoms with Crippen LogP contribution < -0.4 is 14.2 Å². The second-order valence-corrected chi connectivity index (χ2v) is 10.9. The summed E-state index contributed by atoms with van der Waals surface area (Å²) in [5, 5.41) is 0. The van der Waals surface area contributed by atoms with Crippen molar-refractivity contribution in [3.8, 4) is 11.5 Å². The number of fused-ring (bicyclic) bond motifs is 1. The Kier molecular flexibility index (Phi) is 6.90. The van der Waals surface area contributed by atoms with Gasteiger partial charge >= 0.3 is 0 Å². The lowest BCUT2D eigenvalue weighted by Gasteiger charge is -2.34. The Hall–Kier alpha value is -1.19. The Balaban J connectivity index is 1.65. The normalized spacial score (nSPS) is 27.2. The molecule has 1 aromatic carbocycles. The van der Waals surface area contributed by atoms with Gasteiger partial charge in [0.15, 0.2) is 5.79 Å². The Morgan fingerprint density at radius 2 is 1.97 bits per heavy atom. The van der Waals surface area contributed by atoms with Crippen molar-refractivity contribution in [2.75, 3.05) is 26.9 Å². The number of benzene rings is 1. The fourth-order valence-corrected chi connectivity index (χ4v) is 4.18. The highest BCUT2D eigenvalue weighted by Gasteiger charge is 2.34. The van der Waals surface area contributed by atoms with Gasteiger partial charge in [0.2, 0.25) is 0 Å². The minimum Gasteiger partial charge on any atom is -0.497 e. The average molecular weight is 428 g/mol. The fourth-order valence-electron chi connectivity index (χ4n) is 3.34. The summed E-state index contributed by atoms with van der Waals surface area (Å²) in [6.45, 7) is 11.0. The Bertz CT molecular complexity index is 732. The van der Waals surface area contributed by atoms with E-state index >= 15 is 0 Å². The lowest BCUT2D eigenvalue weighted by Crippen LogP contribution is -2.41. The molecule has 0 saturated carbocycles. The minimum absolute atomic E-state index is 0.0803. The van der Waals surface area contributed by atoms with Crippen molar-refractivity contribution in [1.82, 2.24) is 4.72 Å². The monoisotopic (exact) mass is 427 g/mol. The van der Waals surface area contributed by atoms with Crippen LogP contribution in [0.2, 0.25) is 0 Å². The molecular weight excluding hydrogens is 394 g/mol. The van der Waals surface area contributed by atoms with Gasteiger partial charge in [0, 0.05) is 18.1 Å². The van der Waals surface area contributed by atoms with Crippen LogP contribution in [0.4, 0.5) is 0 Å². The maximum Gasteiger partial charge on any atom is 0.163 e. The molecule has 3 rings (SSSR count). The molecule has 7 nitrogen and oxygen atoms in total. The van der Waals surface area contributed by atoms with E-state index in [1.807, 2.05) is 52.8 Å². The molecule has 164 valence electrons. The van der Waals surface area contributed by atoms with Crippen LogP contribution in [0.25, 0.3) is 0 Å². The van der Waals surface area contributed by atoms with E-state index in [4.69, 9.17) is 23.7 Å². The van der Waals surface area contributed by atoms with Crippen LogP contribution >= 0.6 is 0 Å². The van der Waals surface area contributed by atoms with Crippen LogP contribution in [-0.2, 0) is 25.2 Å². The number of rotatable bonds is 7. The van der Waals surface area contributed by atoms with Crippen LogP contribution in [0.3, 0.4) is 0 Å². The summed E-state index contributed by atoms with van der Waals surface area (Å²) >= 11 is 0. The van der Waals surface area contributed by atoms with Crippen LogP contribution in [-0.4, -0.2) is 53.9 Å². The van der Waals surface area contributed by atoms with Gasteiger partial charge < -0.3 is 23.7 Å². The molecular formula is C21H33NO6S. The molecule has 1 aromatic rings. The summed E-state index contributed by atoms with van der Waals surface area (Å²) < 4.78 is 44.3. The van der Waals surface area contributed by atoms with Gasteiger partial charge in [0.25, 0.3) is 0 Å². The third-order valence-corrected chi connectivity index (χ3v) is 6.48. The number of methoxy groups -OCH3 is 1.